The highest BCUT2D eigenvalue weighted by molar-refractivity contribution is 8.00. The topological polar surface area (TPSA) is 123 Å². The molecule has 0 saturated carbocycles. The summed E-state index contributed by atoms with van der Waals surface area (Å²) >= 11 is 2.20. The van der Waals surface area contributed by atoms with Gasteiger partial charge in [-0.2, -0.15) is 0 Å². The van der Waals surface area contributed by atoms with Crippen molar-refractivity contribution in [1.29, 1.82) is 0 Å². The summed E-state index contributed by atoms with van der Waals surface area (Å²) in [7, 11) is 0. The number of rotatable bonds is 5. The Hall–Kier alpha value is -3.77. The molecule has 0 N–H and O–H groups in total. The maximum absolute atomic E-state index is 14.1. The second-order valence-corrected chi connectivity index (χ2v) is 14.4. The van der Waals surface area contributed by atoms with E-state index in [1.807, 2.05) is 24.3 Å². The van der Waals surface area contributed by atoms with Gasteiger partial charge in [-0.05, 0) is 47.9 Å². The summed E-state index contributed by atoms with van der Waals surface area (Å²) in [6, 6.07) is 13.3. The SMILES string of the molecule is CC(C)(C)c1ccc([C@@H]2c3sc(=O)n(CC(=O)N4CCCCC4)c3SC3C(=O)N(c4ccc([N+](=O)[O-])cc4)C(=O)C32)cc1. The third-order valence-corrected chi connectivity index (χ3v) is 11.1. The van der Waals surface area contributed by atoms with Gasteiger partial charge in [0.1, 0.15) is 11.8 Å². The number of benzene rings is 2. The summed E-state index contributed by atoms with van der Waals surface area (Å²) in [5.41, 5.74) is 1.95. The predicted molar refractivity (Wildman–Crippen MR) is 165 cm³/mol. The number of aromatic nitrogens is 1. The third kappa shape index (κ3) is 5.20. The van der Waals surface area contributed by atoms with Crippen LogP contribution in [0.5, 0.6) is 0 Å². The van der Waals surface area contributed by atoms with Crippen LogP contribution in [-0.4, -0.2) is 50.5 Å². The van der Waals surface area contributed by atoms with Crippen LogP contribution < -0.4 is 9.77 Å². The largest absolute Gasteiger partial charge is 0.341 e. The Morgan fingerprint density at radius 3 is 2.21 bits per heavy atom. The number of nitro groups is 1. The molecule has 3 amide bonds. The lowest BCUT2D eigenvalue weighted by atomic mass is 9.81. The van der Waals surface area contributed by atoms with Crippen LogP contribution in [0.25, 0.3) is 0 Å². The van der Waals surface area contributed by atoms with Gasteiger partial charge in [0.2, 0.25) is 17.7 Å². The van der Waals surface area contributed by atoms with Gasteiger partial charge in [-0.1, -0.05) is 68.1 Å². The van der Waals surface area contributed by atoms with Gasteiger partial charge in [-0.15, -0.1) is 0 Å². The van der Waals surface area contributed by atoms with Gasteiger partial charge in [0.05, 0.1) is 21.6 Å². The summed E-state index contributed by atoms with van der Waals surface area (Å²) in [5, 5.41) is 10.9. The normalized spacial score (nSPS) is 22.0. The van der Waals surface area contributed by atoms with Gasteiger partial charge in [-0.3, -0.25) is 33.9 Å². The van der Waals surface area contributed by atoms with Crippen molar-refractivity contribution in [2.45, 2.75) is 68.2 Å². The van der Waals surface area contributed by atoms with E-state index in [1.54, 1.807) is 4.90 Å². The summed E-state index contributed by atoms with van der Waals surface area (Å²) in [6.07, 6.45) is 2.94. The van der Waals surface area contributed by atoms with E-state index >= 15 is 0 Å². The lowest BCUT2D eigenvalue weighted by Crippen LogP contribution is -2.39. The monoisotopic (exact) mass is 620 g/mol. The number of likely N-dealkylation sites (tertiary alicyclic amines) is 1. The molecular weight excluding hydrogens is 588 g/mol. The Kier molecular flexibility index (Phi) is 7.54. The van der Waals surface area contributed by atoms with Gasteiger partial charge >= 0.3 is 4.87 Å². The molecule has 10 nitrogen and oxygen atoms in total. The van der Waals surface area contributed by atoms with Crippen molar-refractivity contribution in [2.75, 3.05) is 18.0 Å². The molecular formula is C31H32N4O6S2. The number of hydrogen-bond donors (Lipinski definition) is 0. The van der Waals surface area contributed by atoms with Crippen LogP contribution in [0.4, 0.5) is 11.4 Å². The van der Waals surface area contributed by atoms with Gasteiger partial charge in [-0.25, -0.2) is 4.90 Å². The Balaban J connectivity index is 1.43. The van der Waals surface area contributed by atoms with Crippen LogP contribution in [0.2, 0.25) is 0 Å². The zero-order valence-corrected chi connectivity index (χ0v) is 25.8. The Morgan fingerprint density at radius 2 is 1.60 bits per heavy atom. The zero-order valence-electron chi connectivity index (χ0n) is 24.1. The molecule has 3 aliphatic rings. The van der Waals surface area contributed by atoms with Gasteiger partial charge in [0, 0.05) is 36.0 Å². The first-order valence-corrected chi connectivity index (χ1v) is 16.1. The highest BCUT2D eigenvalue weighted by Crippen LogP contribution is 2.54. The number of carbonyl (C=O) groups excluding carboxylic acids is 3. The fourth-order valence-electron chi connectivity index (χ4n) is 6.16. The van der Waals surface area contributed by atoms with Crippen molar-refractivity contribution < 1.29 is 19.3 Å². The van der Waals surface area contributed by atoms with E-state index in [9.17, 15) is 29.3 Å². The quantitative estimate of drug-likeness (QED) is 0.225. The highest BCUT2D eigenvalue weighted by Gasteiger charge is 2.57. The first kappa shape index (κ1) is 29.3. The molecule has 2 fully saturated rings. The number of non-ortho nitro benzene ring substituents is 1. The number of hydrogen-bond acceptors (Lipinski definition) is 8. The molecule has 12 heteroatoms. The number of thiazole rings is 1. The number of fused-ring (bicyclic) bond motifs is 2. The maximum atomic E-state index is 14.1. The number of piperidine rings is 1. The summed E-state index contributed by atoms with van der Waals surface area (Å²) < 4.78 is 1.47. The molecule has 0 spiro atoms. The highest BCUT2D eigenvalue weighted by atomic mass is 32.2. The zero-order chi connectivity index (χ0) is 30.6. The lowest BCUT2D eigenvalue weighted by Gasteiger charge is -2.31. The average Bonchev–Trinajstić information content (AvgIpc) is 3.43. The van der Waals surface area contributed by atoms with Crippen molar-refractivity contribution in [2.24, 2.45) is 5.92 Å². The number of carbonyl (C=O) groups is 3. The van der Waals surface area contributed by atoms with Gasteiger partial charge in [0.15, 0.2) is 0 Å². The standard InChI is InChI=1S/C31H32N4O6S2/c1-31(2,3)19-9-7-18(8-10-19)23-24-25(28(38)34(27(24)37)20-11-13-21(14-12-20)35(40)41)42-29-26(23)43-30(39)33(29)17-22(36)32-15-5-4-6-16-32/h7-14,23-25H,4-6,15-17H2,1-3H3/t23-,24?,25?/m0/s1. The first-order valence-electron chi connectivity index (χ1n) is 14.4. The minimum Gasteiger partial charge on any atom is -0.341 e. The molecule has 43 heavy (non-hydrogen) atoms. The molecule has 0 aliphatic carbocycles. The van der Waals surface area contributed by atoms with E-state index in [0.29, 0.717) is 23.0 Å². The molecule has 224 valence electrons. The minimum atomic E-state index is -0.826. The van der Waals surface area contributed by atoms with Crippen molar-refractivity contribution in [1.82, 2.24) is 9.47 Å². The van der Waals surface area contributed by atoms with Crippen molar-refractivity contribution in [3.63, 3.8) is 0 Å². The van der Waals surface area contributed by atoms with E-state index in [-0.39, 0.29) is 34.1 Å². The Morgan fingerprint density at radius 1 is 0.953 bits per heavy atom. The molecule has 2 unspecified atom stereocenters. The maximum Gasteiger partial charge on any atom is 0.308 e. The van der Waals surface area contributed by atoms with E-state index in [4.69, 9.17) is 0 Å². The molecule has 4 heterocycles. The number of imide groups is 1. The molecule has 0 bridgehead atoms. The number of thioether (sulfide) groups is 1. The molecule has 3 atom stereocenters. The molecule has 1 aromatic heterocycles. The Labute approximate surface area is 256 Å². The molecule has 2 aromatic carbocycles. The summed E-state index contributed by atoms with van der Waals surface area (Å²) in [6.45, 7) is 7.55. The fourth-order valence-corrected chi connectivity index (χ4v) is 8.93. The fraction of sp³-hybridized carbons (Fsp3) is 0.419. The first-order chi connectivity index (χ1) is 20.5. The second-order valence-electron chi connectivity index (χ2n) is 12.3. The van der Waals surface area contributed by atoms with Crippen LogP contribution in [0.15, 0.2) is 58.4 Å². The predicted octanol–water partition coefficient (Wildman–Crippen LogP) is 4.92. The molecule has 3 aliphatic heterocycles. The van der Waals surface area contributed by atoms with E-state index in [2.05, 4.69) is 20.8 Å². The smallest absolute Gasteiger partial charge is 0.308 e. The van der Waals surface area contributed by atoms with Crippen LogP contribution >= 0.6 is 23.1 Å². The van der Waals surface area contributed by atoms with Crippen molar-refractivity contribution >= 4 is 52.2 Å². The molecule has 0 radical (unpaired) electrons. The number of nitrogens with zero attached hydrogens (tertiary/aromatic N) is 4. The number of nitro benzene ring substituents is 1. The van der Waals surface area contributed by atoms with E-state index < -0.39 is 33.8 Å². The summed E-state index contributed by atoms with van der Waals surface area (Å²) in [4.78, 5) is 68.6. The number of anilines is 1. The van der Waals surface area contributed by atoms with E-state index in [0.717, 1.165) is 46.6 Å². The van der Waals surface area contributed by atoms with Gasteiger partial charge < -0.3 is 4.90 Å². The Bertz CT molecular complexity index is 1670. The van der Waals surface area contributed by atoms with Crippen molar-refractivity contribution in [3.8, 4) is 0 Å². The average molecular weight is 621 g/mol. The molecule has 2 saturated heterocycles. The van der Waals surface area contributed by atoms with Crippen LogP contribution in [-0.2, 0) is 26.3 Å². The summed E-state index contributed by atoms with van der Waals surface area (Å²) in [5.74, 6) is -2.34. The lowest BCUT2D eigenvalue weighted by molar-refractivity contribution is -0.384. The molecule has 3 aromatic rings. The third-order valence-electron chi connectivity index (χ3n) is 8.51. The minimum absolute atomic E-state index is 0.0938. The van der Waals surface area contributed by atoms with Crippen LogP contribution in [0.1, 0.15) is 62.0 Å². The second kappa shape index (κ2) is 11.1. The van der Waals surface area contributed by atoms with Crippen LogP contribution in [0.3, 0.4) is 0 Å². The van der Waals surface area contributed by atoms with Gasteiger partial charge in [0.25, 0.3) is 5.69 Å². The number of amides is 3. The van der Waals surface area contributed by atoms with Crippen LogP contribution in [0, 0.1) is 16.0 Å². The van der Waals surface area contributed by atoms with E-state index in [1.165, 1.54) is 40.6 Å². The van der Waals surface area contributed by atoms with Crippen molar-refractivity contribution in [3.05, 3.63) is 84.3 Å². The molecule has 6 rings (SSSR count).